The normalized spacial score (nSPS) is 27.1. The third-order valence-corrected chi connectivity index (χ3v) is 5.48. The van der Waals surface area contributed by atoms with Gasteiger partial charge in [0.2, 0.25) is 0 Å². The van der Waals surface area contributed by atoms with Gasteiger partial charge in [0.1, 0.15) is 6.23 Å². The highest BCUT2D eigenvalue weighted by molar-refractivity contribution is 7.98. The van der Waals surface area contributed by atoms with Crippen LogP contribution in [-0.2, 0) is 0 Å². The molecule has 1 fully saturated rings. The van der Waals surface area contributed by atoms with Crippen molar-refractivity contribution in [2.24, 2.45) is 17.3 Å². The van der Waals surface area contributed by atoms with E-state index in [0.29, 0.717) is 11.8 Å². The van der Waals surface area contributed by atoms with Crippen molar-refractivity contribution in [1.29, 1.82) is 0 Å². The Morgan fingerprint density at radius 3 is 2.50 bits per heavy atom. The Morgan fingerprint density at radius 1 is 1.30 bits per heavy atom. The van der Waals surface area contributed by atoms with Crippen LogP contribution in [0.3, 0.4) is 0 Å². The van der Waals surface area contributed by atoms with Crippen molar-refractivity contribution in [3.8, 4) is 0 Å². The number of hydrogen-bond donors (Lipinski definition) is 2. The van der Waals surface area contributed by atoms with Gasteiger partial charge >= 0.3 is 0 Å². The molecule has 1 aromatic carbocycles. The van der Waals surface area contributed by atoms with Crippen LogP contribution in [0.25, 0.3) is 0 Å². The molecule has 3 atom stereocenters. The van der Waals surface area contributed by atoms with Gasteiger partial charge in [-0.2, -0.15) is 0 Å². The van der Waals surface area contributed by atoms with Gasteiger partial charge in [-0.1, -0.05) is 33.6 Å². The van der Waals surface area contributed by atoms with Gasteiger partial charge in [0.25, 0.3) is 0 Å². The second kappa shape index (κ2) is 6.40. The van der Waals surface area contributed by atoms with Gasteiger partial charge in [0.15, 0.2) is 0 Å². The molecular weight excluding hydrogens is 266 g/mol. The van der Waals surface area contributed by atoms with Gasteiger partial charge in [-0.3, -0.25) is 0 Å². The Morgan fingerprint density at radius 2 is 1.95 bits per heavy atom. The molecule has 1 aromatic rings. The van der Waals surface area contributed by atoms with Crippen LogP contribution in [-0.4, -0.2) is 17.6 Å². The monoisotopic (exact) mass is 293 g/mol. The van der Waals surface area contributed by atoms with E-state index in [0.717, 1.165) is 5.69 Å². The lowest BCUT2D eigenvalue weighted by Gasteiger charge is -2.45. The summed E-state index contributed by atoms with van der Waals surface area (Å²) < 4.78 is 0. The van der Waals surface area contributed by atoms with Gasteiger partial charge < -0.3 is 10.4 Å². The third kappa shape index (κ3) is 3.50. The summed E-state index contributed by atoms with van der Waals surface area (Å²) in [7, 11) is 0. The summed E-state index contributed by atoms with van der Waals surface area (Å²) >= 11 is 1.73. The van der Waals surface area contributed by atoms with Crippen LogP contribution in [0.2, 0.25) is 0 Å². The fraction of sp³-hybridized carbons (Fsp3) is 0.647. The smallest absolute Gasteiger partial charge is 0.128 e. The Balaban J connectivity index is 2.07. The average Bonchev–Trinajstić information content (AvgIpc) is 2.38. The second-order valence-electron chi connectivity index (χ2n) is 6.70. The molecule has 1 unspecified atom stereocenters. The van der Waals surface area contributed by atoms with Gasteiger partial charge in [0, 0.05) is 16.5 Å². The molecule has 0 heterocycles. The van der Waals surface area contributed by atoms with E-state index in [9.17, 15) is 5.11 Å². The average molecular weight is 293 g/mol. The maximum absolute atomic E-state index is 10.6. The summed E-state index contributed by atoms with van der Waals surface area (Å²) in [6, 6.07) is 8.29. The number of anilines is 1. The van der Waals surface area contributed by atoms with Crippen molar-refractivity contribution in [3.63, 3.8) is 0 Å². The van der Waals surface area contributed by atoms with E-state index >= 15 is 0 Å². The molecular formula is C17H27NOS. The summed E-state index contributed by atoms with van der Waals surface area (Å²) in [6.07, 6.45) is 5.30. The van der Waals surface area contributed by atoms with Crippen LogP contribution < -0.4 is 5.32 Å². The number of aliphatic hydroxyl groups is 1. The molecule has 20 heavy (non-hydrogen) atoms. The number of benzene rings is 1. The first-order chi connectivity index (χ1) is 9.44. The molecule has 0 saturated heterocycles. The molecule has 1 aliphatic carbocycles. The number of aliphatic hydroxyl groups excluding tert-OH is 1. The zero-order valence-electron chi connectivity index (χ0n) is 13.0. The predicted octanol–water partition coefficient (Wildman–Crippen LogP) is 4.60. The summed E-state index contributed by atoms with van der Waals surface area (Å²) in [4.78, 5) is 1.25. The SMILES string of the molecule is CSc1ccc(N[C@@H](O)C2[C@@H](C)CCCC2(C)C)cc1. The molecule has 0 radical (unpaired) electrons. The van der Waals surface area contributed by atoms with Crippen molar-refractivity contribution in [1.82, 2.24) is 0 Å². The number of thioether (sulfide) groups is 1. The highest BCUT2D eigenvalue weighted by Gasteiger charge is 2.41. The Labute approximate surface area is 127 Å². The molecule has 0 aliphatic heterocycles. The van der Waals surface area contributed by atoms with Crippen molar-refractivity contribution in [2.45, 2.75) is 51.2 Å². The molecule has 0 aromatic heterocycles. The minimum Gasteiger partial charge on any atom is -0.373 e. The predicted molar refractivity (Wildman–Crippen MR) is 88.1 cm³/mol. The zero-order valence-corrected chi connectivity index (χ0v) is 13.8. The minimum absolute atomic E-state index is 0.198. The maximum Gasteiger partial charge on any atom is 0.128 e. The molecule has 0 spiro atoms. The number of nitrogens with one attached hydrogen (secondary N) is 1. The largest absolute Gasteiger partial charge is 0.373 e. The van der Waals surface area contributed by atoms with Crippen molar-refractivity contribution >= 4 is 17.4 Å². The molecule has 2 nitrogen and oxygen atoms in total. The molecule has 2 rings (SSSR count). The van der Waals surface area contributed by atoms with Crippen LogP contribution in [0.15, 0.2) is 29.2 Å². The lowest BCUT2D eigenvalue weighted by molar-refractivity contribution is -0.0133. The first-order valence-corrected chi connectivity index (χ1v) is 8.75. The second-order valence-corrected chi connectivity index (χ2v) is 7.58. The zero-order chi connectivity index (χ0) is 14.8. The van der Waals surface area contributed by atoms with E-state index in [1.54, 1.807) is 11.8 Å². The van der Waals surface area contributed by atoms with Crippen molar-refractivity contribution < 1.29 is 5.11 Å². The van der Waals surface area contributed by atoms with Gasteiger partial charge in [-0.25, -0.2) is 0 Å². The van der Waals surface area contributed by atoms with E-state index in [4.69, 9.17) is 0 Å². The van der Waals surface area contributed by atoms with Crippen LogP contribution in [0.1, 0.15) is 40.0 Å². The Kier molecular flexibility index (Phi) is 5.03. The van der Waals surface area contributed by atoms with E-state index in [2.05, 4.69) is 56.6 Å². The van der Waals surface area contributed by atoms with E-state index < -0.39 is 6.23 Å². The molecule has 112 valence electrons. The maximum atomic E-state index is 10.6. The number of hydrogen-bond acceptors (Lipinski definition) is 3. The fourth-order valence-corrected chi connectivity index (χ4v) is 4.09. The molecule has 0 amide bonds. The van der Waals surface area contributed by atoms with Gasteiger partial charge in [-0.05, 0) is 48.3 Å². The van der Waals surface area contributed by atoms with Gasteiger partial charge in [0.05, 0.1) is 0 Å². The summed E-state index contributed by atoms with van der Waals surface area (Å²) in [5.41, 5.74) is 1.20. The first-order valence-electron chi connectivity index (χ1n) is 7.53. The van der Waals surface area contributed by atoms with Gasteiger partial charge in [-0.15, -0.1) is 11.8 Å². The van der Waals surface area contributed by atoms with Crippen molar-refractivity contribution in [2.75, 3.05) is 11.6 Å². The summed E-state index contributed by atoms with van der Waals surface area (Å²) in [6.45, 7) is 6.84. The Bertz CT molecular complexity index is 429. The fourth-order valence-electron chi connectivity index (χ4n) is 3.68. The molecule has 1 aliphatic rings. The minimum atomic E-state index is -0.472. The molecule has 0 bridgehead atoms. The number of rotatable bonds is 4. The third-order valence-electron chi connectivity index (χ3n) is 4.74. The topological polar surface area (TPSA) is 32.3 Å². The van der Waals surface area contributed by atoms with Crippen molar-refractivity contribution in [3.05, 3.63) is 24.3 Å². The first kappa shape index (κ1) is 15.7. The summed E-state index contributed by atoms with van der Waals surface area (Å²) in [5.74, 6) is 0.864. The van der Waals surface area contributed by atoms with E-state index in [1.807, 2.05) is 0 Å². The molecule has 3 heteroatoms. The van der Waals surface area contributed by atoms with Crippen LogP contribution in [0.4, 0.5) is 5.69 Å². The highest BCUT2D eigenvalue weighted by Crippen LogP contribution is 2.45. The lowest BCUT2D eigenvalue weighted by Crippen LogP contribution is -2.45. The van der Waals surface area contributed by atoms with Crippen LogP contribution >= 0.6 is 11.8 Å². The van der Waals surface area contributed by atoms with Crippen LogP contribution in [0, 0.1) is 17.3 Å². The van der Waals surface area contributed by atoms with E-state index in [1.165, 1.54) is 24.2 Å². The van der Waals surface area contributed by atoms with E-state index in [-0.39, 0.29) is 5.41 Å². The van der Waals surface area contributed by atoms with Crippen LogP contribution in [0.5, 0.6) is 0 Å². The highest BCUT2D eigenvalue weighted by atomic mass is 32.2. The standard InChI is InChI=1S/C17H27NOS/c1-12-6-5-11-17(2,3)15(12)16(19)18-13-7-9-14(20-4)10-8-13/h7-10,12,15-16,18-19H,5-6,11H2,1-4H3/t12-,15?,16-/m0/s1. The summed E-state index contributed by atoms with van der Waals surface area (Å²) in [5, 5.41) is 13.9. The quantitative estimate of drug-likeness (QED) is 0.628. The lowest BCUT2D eigenvalue weighted by atomic mass is 9.63. The Hall–Kier alpha value is -0.670. The molecule has 1 saturated carbocycles. The molecule has 2 N–H and O–H groups in total.